The van der Waals surface area contributed by atoms with Crippen molar-refractivity contribution in [2.75, 3.05) is 19.8 Å². The number of hydrogen-bond acceptors (Lipinski definition) is 2. The predicted molar refractivity (Wildman–Crippen MR) is 71.3 cm³/mol. The number of hydrogen-bond donors (Lipinski definition) is 1. The first kappa shape index (κ1) is 13.5. The lowest BCUT2D eigenvalue weighted by atomic mass is 9.76. The summed E-state index contributed by atoms with van der Waals surface area (Å²) in [6, 6.07) is 7.59. The molecule has 0 atom stereocenters. The van der Waals surface area contributed by atoms with Gasteiger partial charge in [0.05, 0.1) is 0 Å². The minimum absolute atomic E-state index is 0.124. The van der Waals surface area contributed by atoms with Gasteiger partial charge in [0.25, 0.3) is 0 Å². The van der Waals surface area contributed by atoms with Gasteiger partial charge in [-0.2, -0.15) is 0 Å². The summed E-state index contributed by atoms with van der Waals surface area (Å²) in [5.41, 5.74) is 1.14. The Kier molecular flexibility index (Phi) is 5.14. The molecule has 3 heteroatoms. The van der Waals surface area contributed by atoms with Crippen LogP contribution in [0.25, 0.3) is 0 Å². The molecule has 0 spiro atoms. The average molecular weight is 251 g/mol. The lowest BCUT2D eigenvalue weighted by Crippen LogP contribution is -2.40. The van der Waals surface area contributed by atoms with Gasteiger partial charge in [-0.05, 0) is 56.3 Å². The third-order valence-electron chi connectivity index (χ3n) is 3.56. The van der Waals surface area contributed by atoms with Gasteiger partial charge < -0.3 is 10.1 Å². The fourth-order valence-corrected chi connectivity index (χ4v) is 2.44. The van der Waals surface area contributed by atoms with Crippen LogP contribution in [0.2, 0.25) is 0 Å². The van der Waals surface area contributed by atoms with Gasteiger partial charge >= 0.3 is 0 Å². The Morgan fingerprint density at radius 2 is 2.22 bits per heavy atom. The van der Waals surface area contributed by atoms with Crippen molar-refractivity contribution < 1.29 is 9.13 Å². The van der Waals surface area contributed by atoms with Gasteiger partial charge in [-0.1, -0.05) is 12.1 Å². The van der Waals surface area contributed by atoms with Crippen molar-refractivity contribution >= 4 is 0 Å². The van der Waals surface area contributed by atoms with Gasteiger partial charge in [-0.15, -0.1) is 0 Å². The average Bonchev–Trinajstić information content (AvgIpc) is 2.31. The predicted octanol–water partition coefficient (Wildman–Crippen LogP) is 3.09. The quantitative estimate of drug-likeness (QED) is 0.752. The lowest BCUT2D eigenvalue weighted by molar-refractivity contribution is 0.142. The highest BCUT2D eigenvalue weighted by molar-refractivity contribution is 5.23. The SMILES string of the molecule is CCOCCCNC1CC(c2cccc(F)c2)C1. The van der Waals surface area contributed by atoms with E-state index in [1.165, 1.54) is 6.07 Å². The van der Waals surface area contributed by atoms with Crippen LogP contribution in [-0.2, 0) is 4.74 Å². The third-order valence-corrected chi connectivity index (χ3v) is 3.56. The number of benzene rings is 1. The van der Waals surface area contributed by atoms with Crippen LogP contribution in [0.4, 0.5) is 4.39 Å². The highest BCUT2D eigenvalue weighted by Gasteiger charge is 2.29. The van der Waals surface area contributed by atoms with Crippen molar-refractivity contribution in [1.82, 2.24) is 5.32 Å². The molecule has 100 valence electrons. The highest BCUT2D eigenvalue weighted by Crippen LogP contribution is 2.36. The first-order valence-corrected chi connectivity index (χ1v) is 6.86. The van der Waals surface area contributed by atoms with Gasteiger partial charge in [0, 0.05) is 19.3 Å². The summed E-state index contributed by atoms with van der Waals surface area (Å²) in [5, 5.41) is 3.52. The van der Waals surface area contributed by atoms with E-state index in [0.29, 0.717) is 12.0 Å². The summed E-state index contributed by atoms with van der Waals surface area (Å²) in [6.45, 7) is 4.66. The molecule has 1 N–H and O–H groups in total. The van der Waals surface area contributed by atoms with Crippen LogP contribution >= 0.6 is 0 Å². The molecule has 1 aliphatic rings. The summed E-state index contributed by atoms with van der Waals surface area (Å²) in [6.07, 6.45) is 3.31. The van der Waals surface area contributed by atoms with Gasteiger partial charge in [0.1, 0.15) is 5.82 Å². The van der Waals surface area contributed by atoms with Crippen molar-refractivity contribution in [3.8, 4) is 0 Å². The molecular formula is C15H22FNO. The normalized spacial score (nSPS) is 22.8. The smallest absolute Gasteiger partial charge is 0.123 e. The Bertz CT molecular complexity index is 363. The van der Waals surface area contributed by atoms with E-state index in [4.69, 9.17) is 4.74 Å². The Hall–Kier alpha value is -0.930. The molecular weight excluding hydrogens is 229 g/mol. The van der Waals surface area contributed by atoms with E-state index in [9.17, 15) is 4.39 Å². The van der Waals surface area contributed by atoms with E-state index in [1.54, 1.807) is 12.1 Å². The summed E-state index contributed by atoms with van der Waals surface area (Å²) >= 11 is 0. The topological polar surface area (TPSA) is 21.3 Å². The first-order chi connectivity index (χ1) is 8.79. The Morgan fingerprint density at radius 3 is 2.94 bits per heavy atom. The lowest BCUT2D eigenvalue weighted by Gasteiger charge is -2.36. The molecule has 2 nitrogen and oxygen atoms in total. The van der Waals surface area contributed by atoms with Crippen molar-refractivity contribution in [2.45, 2.75) is 38.1 Å². The Morgan fingerprint density at radius 1 is 1.39 bits per heavy atom. The Labute approximate surface area is 109 Å². The molecule has 0 heterocycles. The van der Waals surface area contributed by atoms with Crippen molar-refractivity contribution in [3.05, 3.63) is 35.6 Å². The van der Waals surface area contributed by atoms with Gasteiger partial charge in [-0.3, -0.25) is 0 Å². The molecule has 18 heavy (non-hydrogen) atoms. The summed E-state index contributed by atoms with van der Waals surface area (Å²) in [5.74, 6) is 0.408. The molecule has 0 aliphatic heterocycles. The summed E-state index contributed by atoms with van der Waals surface area (Å²) < 4.78 is 18.4. The van der Waals surface area contributed by atoms with Crippen molar-refractivity contribution in [3.63, 3.8) is 0 Å². The molecule has 1 saturated carbocycles. The zero-order valence-corrected chi connectivity index (χ0v) is 11.0. The largest absolute Gasteiger partial charge is 0.382 e. The molecule has 1 aliphatic carbocycles. The second-order valence-electron chi connectivity index (χ2n) is 4.92. The number of halogens is 1. The van der Waals surface area contributed by atoms with Gasteiger partial charge in [0.2, 0.25) is 0 Å². The number of ether oxygens (including phenoxy) is 1. The zero-order valence-electron chi connectivity index (χ0n) is 11.0. The number of rotatable bonds is 7. The van der Waals surface area contributed by atoms with Crippen LogP contribution in [0, 0.1) is 5.82 Å². The van der Waals surface area contributed by atoms with E-state index >= 15 is 0 Å². The molecule has 1 fully saturated rings. The van der Waals surface area contributed by atoms with Crippen LogP contribution in [0.1, 0.15) is 37.7 Å². The maximum Gasteiger partial charge on any atom is 0.123 e. The van der Waals surface area contributed by atoms with Gasteiger partial charge in [-0.25, -0.2) is 4.39 Å². The van der Waals surface area contributed by atoms with Crippen LogP contribution in [0.15, 0.2) is 24.3 Å². The summed E-state index contributed by atoms with van der Waals surface area (Å²) in [7, 11) is 0. The molecule has 0 radical (unpaired) electrons. The highest BCUT2D eigenvalue weighted by atomic mass is 19.1. The molecule has 0 amide bonds. The van der Waals surface area contributed by atoms with E-state index in [2.05, 4.69) is 5.32 Å². The molecule has 2 rings (SSSR count). The van der Waals surface area contributed by atoms with Crippen LogP contribution in [-0.4, -0.2) is 25.8 Å². The zero-order chi connectivity index (χ0) is 12.8. The van der Waals surface area contributed by atoms with E-state index in [-0.39, 0.29) is 5.82 Å². The van der Waals surface area contributed by atoms with E-state index < -0.39 is 0 Å². The van der Waals surface area contributed by atoms with Crippen LogP contribution < -0.4 is 5.32 Å². The minimum atomic E-state index is -0.124. The maximum atomic E-state index is 13.1. The number of nitrogens with one attached hydrogen (secondary N) is 1. The fourth-order valence-electron chi connectivity index (χ4n) is 2.44. The van der Waals surface area contributed by atoms with Crippen LogP contribution in [0.3, 0.4) is 0 Å². The van der Waals surface area contributed by atoms with E-state index in [1.807, 2.05) is 13.0 Å². The molecule has 1 aromatic rings. The first-order valence-electron chi connectivity index (χ1n) is 6.86. The van der Waals surface area contributed by atoms with Crippen molar-refractivity contribution in [1.29, 1.82) is 0 Å². The maximum absolute atomic E-state index is 13.1. The second-order valence-corrected chi connectivity index (χ2v) is 4.92. The fraction of sp³-hybridized carbons (Fsp3) is 0.600. The summed E-state index contributed by atoms with van der Waals surface area (Å²) in [4.78, 5) is 0. The monoisotopic (exact) mass is 251 g/mol. The molecule has 0 bridgehead atoms. The van der Waals surface area contributed by atoms with Crippen molar-refractivity contribution in [2.24, 2.45) is 0 Å². The molecule has 1 aromatic carbocycles. The van der Waals surface area contributed by atoms with Crippen LogP contribution in [0.5, 0.6) is 0 Å². The molecule has 0 saturated heterocycles. The van der Waals surface area contributed by atoms with Gasteiger partial charge in [0.15, 0.2) is 0 Å². The second kappa shape index (κ2) is 6.86. The molecule has 0 unspecified atom stereocenters. The minimum Gasteiger partial charge on any atom is -0.382 e. The van der Waals surface area contributed by atoms with E-state index in [0.717, 1.165) is 44.6 Å². The Balaban J connectivity index is 1.62. The standard InChI is InChI=1S/C15H22FNO/c1-2-18-8-4-7-17-15-10-13(11-15)12-5-3-6-14(16)9-12/h3,5-6,9,13,15,17H,2,4,7-8,10-11H2,1H3. The third kappa shape index (κ3) is 3.79. The molecule has 0 aromatic heterocycles.